The number of hydrogen-bond donors (Lipinski definition) is 1. The Labute approximate surface area is 104 Å². The molecule has 0 spiro atoms. The predicted molar refractivity (Wildman–Crippen MR) is 70.7 cm³/mol. The molecule has 1 unspecified atom stereocenters. The molecule has 0 aliphatic rings. The fraction of sp³-hybridized carbons (Fsp3) is 0.467. The zero-order chi connectivity index (χ0) is 12.5. The number of ether oxygens (including phenoxy) is 1. The van der Waals surface area contributed by atoms with Crippen molar-refractivity contribution in [1.82, 2.24) is 0 Å². The van der Waals surface area contributed by atoms with Crippen molar-refractivity contribution < 1.29 is 9.84 Å². The summed E-state index contributed by atoms with van der Waals surface area (Å²) in [6.07, 6.45) is 5.83. The minimum Gasteiger partial charge on any atom is -0.499 e. The maximum Gasteiger partial charge on any atom is 0.0922 e. The molecule has 0 saturated heterocycles. The first kappa shape index (κ1) is 13.8. The van der Waals surface area contributed by atoms with Gasteiger partial charge in [0.15, 0.2) is 0 Å². The lowest BCUT2D eigenvalue weighted by atomic mass is 10.1. The van der Waals surface area contributed by atoms with E-state index < -0.39 is 0 Å². The van der Waals surface area contributed by atoms with Gasteiger partial charge in [0.1, 0.15) is 0 Å². The molecular weight excluding hydrogens is 212 g/mol. The van der Waals surface area contributed by atoms with Gasteiger partial charge in [-0.3, -0.25) is 0 Å². The molecule has 0 bridgehead atoms. The van der Waals surface area contributed by atoms with Crippen molar-refractivity contribution in [2.75, 3.05) is 0 Å². The predicted octanol–water partition coefficient (Wildman–Crippen LogP) is 3.31. The van der Waals surface area contributed by atoms with Gasteiger partial charge in [0.25, 0.3) is 0 Å². The van der Waals surface area contributed by atoms with E-state index >= 15 is 0 Å². The largest absolute Gasteiger partial charge is 0.499 e. The van der Waals surface area contributed by atoms with E-state index in [-0.39, 0.29) is 12.2 Å². The molecule has 0 fully saturated rings. The fourth-order valence-corrected chi connectivity index (χ4v) is 1.52. The van der Waals surface area contributed by atoms with Crippen LogP contribution in [-0.4, -0.2) is 17.3 Å². The molecule has 0 amide bonds. The van der Waals surface area contributed by atoms with Crippen LogP contribution in [0.25, 0.3) is 0 Å². The lowest BCUT2D eigenvalue weighted by Gasteiger charge is -2.08. The Morgan fingerprint density at radius 1 is 1.24 bits per heavy atom. The summed E-state index contributed by atoms with van der Waals surface area (Å²) in [6.45, 7) is 3.96. The summed E-state index contributed by atoms with van der Waals surface area (Å²) in [5, 5.41) is 9.77. The Hall–Kier alpha value is -1.28. The second-order valence-corrected chi connectivity index (χ2v) is 4.47. The summed E-state index contributed by atoms with van der Waals surface area (Å²) in [6, 6.07) is 10.2. The molecule has 2 heteroatoms. The minimum absolute atomic E-state index is 0.202. The topological polar surface area (TPSA) is 29.5 Å². The first-order chi connectivity index (χ1) is 8.18. The second kappa shape index (κ2) is 7.91. The van der Waals surface area contributed by atoms with Gasteiger partial charge >= 0.3 is 0 Å². The summed E-state index contributed by atoms with van der Waals surface area (Å²) in [4.78, 5) is 0. The van der Waals surface area contributed by atoms with Crippen molar-refractivity contribution in [2.24, 2.45) is 0 Å². The highest BCUT2D eigenvalue weighted by Crippen LogP contribution is 2.07. The van der Waals surface area contributed by atoms with Gasteiger partial charge in [-0.25, -0.2) is 0 Å². The SMILES string of the molecule is CC(C)O/C=C/CC(O)CCc1ccccc1. The molecule has 0 aliphatic heterocycles. The highest BCUT2D eigenvalue weighted by atomic mass is 16.5. The van der Waals surface area contributed by atoms with Gasteiger partial charge in [0.2, 0.25) is 0 Å². The standard InChI is InChI=1S/C15H22O2/c1-13(2)17-12-6-9-15(16)11-10-14-7-4-3-5-8-14/h3-8,12-13,15-16H,9-11H2,1-2H3/b12-6+. The van der Waals surface area contributed by atoms with E-state index in [1.165, 1.54) is 5.56 Å². The molecular formula is C15H22O2. The molecule has 0 saturated carbocycles. The van der Waals surface area contributed by atoms with Gasteiger partial charge in [-0.2, -0.15) is 0 Å². The molecule has 1 atom stereocenters. The summed E-state index contributed by atoms with van der Waals surface area (Å²) in [5.74, 6) is 0. The van der Waals surface area contributed by atoms with E-state index in [0.717, 1.165) is 12.8 Å². The molecule has 0 aromatic heterocycles. The average Bonchev–Trinajstić information content (AvgIpc) is 2.33. The Bertz CT molecular complexity index is 317. The molecule has 0 aliphatic carbocycles. The van der Waals surface area contributed by atoms with Crippen LogP contribution in [0.3, 0.4) is 0 Å². The normalized spacial score (nSPS) is 13.2. The summed E-state index contributed by atoms with van der Waals surface area (Å²) < 4.78 is 5.26. The van der Waals surface area contributed by atoms with Gasteiger partial charge in [0.05, 0.1) is 18.5 Å². The van der Waals surface area contributed by atoms with Crippen LogP contribution < -0.4 is 0 Å². The van der Waals surface area contributed by atoms with Crippen LogP contribution in [0.4, 0.5) is 0 Å². The third-order valence-electron chi connectivity index (χ3n) is 2.46. The van der Waals surface area contributed by atoms with Crippen LogP contribution in [0.1, 0.15) is 32.3 Å². The van der Waals surface area contributed by atoms with Crippen molar-refractivity contribution in [2.45, 2.75) is 45.3 Å². The Morgan fingerprint density at radius 3 is 2.59 bits per heavy atom. The van der Waals surface area contributed by atoms with Crippen molar-refractivity contribution in [3.05, 3.63) is 48.2 Å². The number of aliphatic hydroxyl groups excluding tert-OH is 1. The number of rotatable bonds is 7. The van der Waals surface area contributed by atoms with E-state index in [9.17, 15) is 5.11 Å². The maximum absolute atomic E-state index is 9.77. The molecule has 1 rings (SSSR count). The van der Waals surface area contributed by atoms with Gasteiger partial charge in [-0.1, -0.05) is 30.3 Å². The Kier molecular flexibility index (Phi) is 6.41. The average molecular weight is 234 g/mol. The van der Waals surface area contributed by atoms with Crippen LogP contribution in [0.5, 0.6) is 0 Å². The molecule has 1 aromatic rings. The van der Waals surface area contributed by atoms with E-state index in [2.05, 4.69) is 12.1 Å². The summed E-state index contributed by atoms with van der Waals surface area (Å²) >= 11 is 0. The molecule has 1 aromatic carbocycles. The van der Waals surface area contributed by atoms with Crippen LogP contribution in [-0.2, 0) is 11.2 Å². The smallest absolute Gasteiger partial charge is 0.0922 e. The molecule has 2 nitrogen and oxygen atoms in total. The molecule has 0 radical (unpaired) electrons. The summed E-state index contributed by atoms with van der Waals surface area (Å²) in [7, 11) is 0. The zero-order valence-corrected chi connectivity index (χ0v) is 10.7. The van der Waals surface area contributed by atoms with Crippen molar-refractivity contribution >= 4 is 0 Å². The van der Waals surface area contributed by atoms with E-state index in [1.54, 1.807) is 6.26 Å². The number of aliphatic hydroxyl groups is 1. The highest BCUT2D eigenvalue weighted by molar-refractivity contribution is 5.14. The van der Waals surface area contributed by atoms with E-state index in [4.69, 9.17) is 4.74 Å². The third kappa shape index (κ3) is 6.80. The number of hydrogen-bond acceptors (Lipinski definition) is 2. The molecule has 0 heterocycles. The van der Waals surface area contributed by atoms with Gasteiger partial charge in [-0.15, -0.1) is 0 Å². The lowest BCUT2D eigenvalue weighted by molar-refractivity contribution is 0.159. The molecule has 94 valence electrons. The van der Waals surface area contributed by atoms with Gasteiger partial charge in [0, 0.05) is 0 Å². The number of benzene rings is 1. The van der Waals surface area contributed by atoms with Crippen LogP contribution in [0, 0.1) is 0 Å². The lowest BCUT2D eigenvalue weighted by Crippen LogP contribution is -2.06. The minimum atomic E-state index is -0.290. The first-order valence-corrected chi connectivity index (χ1v) is 6.21. The van der Waals surface area contributed by atoms with Crippen LogP contribution in [0.15, 0.2) is 42.7 Å². The van der Waals surface area contributed by atoms with Crippen LogP contribution >= 0.6 is 0 Å². The Morgan fingerprint density at radius 2 is 1.94 bits per heavy atom. The third-order valence-corrected chi connectivity index (χ3v) is 2.46. The van der Waals surface area contributed by atoms with Gasteiger partial charge < -0.3 is 9.84 Å². The van der Waals surface area contributed by atoms with Crippen molar-refractivity contribution in [3.8, 4) is 0 Å². The maximum atomic E-state index is 9.77. The molecule has 17 heavy (non-hydrogen) atoms. The van der Waals surface area contributed by atoms with E-state index in [0.29, 0.717) is 6.42 Å². The highest BCUT2D eigenvalue weighted by Gasteiger charge is 2.02. The molecule has 1 N–H and O–H groups in total. The number of aryl methyl sites for hydroxylation is 1. The van der Waals surface area contributed by atoms with Crippen molar-refractivity contribution in [1.29, 1.82) is 0 Å². The van der Waals surface area contributed by atoms with Crippen molar-refractivity contribution in [3.63, 3.8) is 0 Å². The summed E-state index contributed by atoms with van der Waals surface area (Å²) in [5.41, 5.74) is 1.27. The Balaban J connectivity index is 2.17. The van der Waals surface area contributed by atoms with Gasteiger partial charge in [-0.05, 0) is 44.7 Å². The van der Waals surface area contributed by atoms with Crippen LogP contribution in [0.2, 0.25) is 0 Å². The zero-order valence-electron chi connectivity index (χ0n) is 10.7. The second-order valence-electron chi connectivity index (χ2n) is 4.47. The quantitative estimate of drug-likeness (QED) is 0.733. The fourth-order valence-electron chi connectivity index (χ4n) is 1.52. The first-order valence-electron chi connectivity index (χ1n) is 6.21. The monoisotopic (exact) mass is 234 g/mol. The van der Waals surface area contributed by atoms with E-state index in [1.807, 2.05) is 38.1 Å².